The van der Waals surface area contributed by atoms with Crippen LogP contribution >= 0.6 is 0 Å². The molecule has 0 amide bonds. The maximum atomic E-state index is 4.37. The lowest BCUT2D eigenvalue weighted by Gasteiger charge is -2.08. The van der Waals surface area contributed by atoms with Crippen LogP contribution in [0.1, 0.15) is 51.3 Å². The molecule has 1 aromatic rings. The number of fused-ring (bicyclic) bond motifs is 1. The molecule has 0 spiro atoms. The van der Waals surface area contributed by atoms with Gasteiger partial charge in [-0.1, -0.05) is 26.7 Å². The van der Waals surface area contributed by atoms with Crippen molar-refractivity contribution in [3.8, 4) is 0 Å². The molecular weight excluding hydrogens is 198 g/mol. The Morgan fingerprint density at radius 1 is 1.31 bits per heavy atom. The van der Waals surface area contributed by atoms with Crippen LogP contribution in [-0.4, -0.2) is 14.8 Å². The molecule has 1 aromatic heterocycles. The van der Waals surface area contributed by atoms with Crippen LogP contribution in [0, 0.1) is 17.8 Å². The molecule has 1 heterocycles. The highest BCUT2D eigenvalue weighted by molar-refractivity contribution is 5.16. The Labute approximate surface area is 97.3 Å². The van der Waals surface area contributed by atoms with Crippen LogP contribution in [0.2, 0.25) is 0 Å². The standard InChI is InChI=1S/C13H21N3/c1-9(2)7-16-8-14-15-13(16)12-10-5-3-4-6-11(10)12/h8-12H,3-7H2,1-2H3. The van der Waals surface area contributed by atoms with Crippen LogP contribution in [-0.2, 0) is 6.54 Å². The normalized spacial score (nSPS) is 32.8. The topological polar surface area (TPSA) is 30.7 Å². The summed E-state index contributed by atoms with van der Waals surface area (Å²) < 4.78 is 2.29. The number of nitrogens with zero attached hydrogens (tertiary/aromatic N) is 3. The molecule has 0 saturated heterocycles. The highest BCUT2D eigenvalue weighted by Crippen LogP contribution is 2.60. The van der Waals surface area contributed by atoms with Crippen molar-refractivity contribution < 1.29 is 0 Å². The molecule has 2 aliphatic carbocycles. The molecule has 2 atom stereocenters. The van der Waals surface area contributed by atoms with Crippen LogP contribution in [0.5, 0.6) is 0 Å². The van der Waals surface area contributed by atoms with E-state index in [2.05, 4.69) is 28.6 Å². The SMILES string of the molecule is CC(C)Cn1cnnc1C1C2CCCCC21. The van der Waals surface area contributed by atoms with Gasteiger partial charge in [0.2, 0.25) is 0 Å². The summed E-state index contributed by atoms with van der Waals surface area (Å²) in [6.45, 7) is 5.58. The lowest BCUT2D eigenvalue weighted by Crippen LogP contribution is -2.07. The minimum absolute atomic E-state index is 0.676. The van der Waals surface area contributed by atoms with E-state index in [4.69, 9.17) is 0 Å². The van der Waals surface area contributed by atoms with E-state index in [0.717, 1.165) is 24.3 Å². The van der Waals surface area contributed by atoms with Gasteiger partial charge in [-0.25, -0.2) is 0 Å². The quantitative estimate of drug-likeness (QED) is 0.782. The first kappa shape index (κ1) is 10.3. The lowest BCUT2D eigenvalue weighted by atomic mass is 10.0. The Morgan fingerprint density at radius 3 is 2.62 bits per heavy atom. The summed E-state index contributed by atoms with van der Waals surface area (Å²) in [5.41, 5.74) is 0. The first-order chi connectivity index (χ1) is 7.77. The fraction of sp³-hybridized carbons (Fsp3) is 0.846. The van der Waals surface area contributed by atoms with Crippen molar-refractivity contribution in [1.29, 1.82) is 0 Å². The molecule has 2 unspecified atom stereocenters. The zero-order valence-electron chi connectivity index (χ0n) is 10.3. The number of aromatic nitrogens is 3. The fourth-order valence-electron chi connectivity index (χ4n) is 3.43. The fourth-order valence-corrected chi connectivity index (χ4v) is 3.43. The molecule has 0 aliphatic heterocycles. The monoisotopic (exact) mass is 219 g/mol. The van der Waals surface area contributed by atoms with Crippen LogP contribution in [0.15, 0.2) is 6.33 Å². The van der Waals surface area contributed by atoms with Gasteiger partial charge in [-0.15, -0.1) is 10.2 Å². The third-order valence-corrected chi connectivity index (χ3v) is 4.16. The van der Waals surface area contributed by atoms with E-state index >= 15 is 0 Å². The maximum Gasteiger partial charge on any atom is 0.136 e. The molecule has 0 N–H and O–H groups in total. The van der Waals surface area contributed by atoms with E-state index in [-0.39, 0.29) is 0 Å². The first-order valence-corrected chi connectivity index (χ1v) is 6.65. The molecule has 88 valence electrons. The van der Waals surface area contributed by atoms with Gasteiger partial charge >= 0.3 is 0 Å². The van der Waals surface area contributed by atoms with Crippen molar-refractivity contribution in [2.45, 2.75) is 52.0 Å². The highest BCUT2D eigenvalue weighted by atomic mass is 15.3. The number of rotatable bonds is 3. The van der Waals surface area contributed by atoms with Gasteiger partial charge in [-0.05, 0) is 30.6 Å². The highest BCUT2D eigenvalue weighted by Gasteiger charge is 2.53. The minimum Gasteiger partial charge on any atom is -0.317 e. The van der Waals surface area contributed by atoms with Crippen LogP contribution < -0.4 is 0 Å². The van der Waals surface area contributed by atoms with E-state index in [1.807, 2.05) is 6.33 Å². The summed E-state index contributed by atoms with van der Waals surface area (Å²) >= 11 is 0. The zero-order valence-corrected chi connectivity index (χ0v) is 10.3. The van der Waals surface area contributed by atoms with Gasteiger partial charge in [0.1, 0.15) is 12.2 Å². The van der Waals surface area contributed by atoms with Gasteiger partial charge in [-0.3, -0.25) is 0 Å². The third kappa shape index (κ3) is 1.66. The van der Waals surface area contributed by atoms with Crippen molar-refractivity contribution in [1.82, 2.24) is 14.8 Å². The molecule has 3 heteroatoms. The Kier molecular flexibility index (Phi) is 2.49. The van der Waals surface area contributed by atoms with Crippen molar-refractivity contribution in [2.75, 3.05) is 0 Å². The van der Waals surface area contributed by atoms with Crippen LogP contribution in [0.4, 0.5) is 0 Å². The summed E-state index contributed by atoms with van der Waals surface area (Å²) in [5, 5.41) is 8.48. The van der Waals surface area contributed by atoms with Crippen molar-refractivity contribution >= 4 is 0 Å². The van der Waals surface area contributed by atoms with E-state index < -0.39 is 0 Å². The Bertz CT molecular complexity index is 357. The molecule has 2 fully saturated rings. The van der Waals surface area contributed by atoms with E-state index in [1.54, 1.807) is 0 Å². The van der Waals surface area contributed by atoms with Crippen molar-refractivity contribution in [2.24, 2.45) is 17.8 Å². The third-order valence-electron chi connectivity index (χ3n) is 4.16. The zero-order chi connectivity index (χ0) is 11.1. The summed E-state index contributed by atoms with van der Waals surface area (Å²) in [7, 11) is 0. The number of hydrogen-bond acceptors (Lipinski definition) is 2. The molecule has 0 radical (unpaired) electrons. The molecule has 3 rings (SSSR count). The summed E-state index contributed by atoms with van der Waals surface area (Å²) in [4.78, 5) is 0. The summed E-state index contributed by atoms with van der Waals surface area (Å²) in [5.74, 6) is 4.55. The summed E-state index contributed by atoms with van der Waals surface area (Å²) in [6.07, 6.45) is 7.61. The Hall–Kier alpha value is -0.860. The Balaban J connectivity index is 1.77. The lowest BCUT2D eigenvalue weighted by molar-refractivity contribution is 0.480. The molecule has 16 heavy (non-hydrogen) atoms. The average molecular weight is 219 g/mol. The molecule has 2 saturated carbocycles. The summed E-state index contributed by atoms with van der Waals surface area (Å²) in [6, 6.07) is 0. The molecule has 0 aromatic carbocycles. The predicted molar refractivity (Wildman–Crippen MR) is 63.0 cm³/mol. The molecule has 0 bridgehead atoms. The average Bonchev–Trinajstić information content (AvgIpc) is 2.82. The number of hydrogen-bond donors (Lipinski definition) is 0. The van der Waals surface area contributed by atoms with E-state index in [1.165, 1.54) is 31.5 Å². The van der Waals surface area contributed by atoms with Crippen molar-refractivity contribution in [3.63, 3.8) is 0 Å². The van der Waals surface area contributed by atoms with E-state index in [9.17, 15) is 0 Å². The minimum atomic E-state index is 0.676. The van der Waals surface area contributed by atoms with E-state index in [0.29, 0.717) is 5.92 Å². The maximum absolute atomic E-state index is 4.37. The van der Waals surface area contributed by atoms with Crippen molar-refractivity contribution in [3.05, 3.63) is 12.2 Å². The van der Waals surface area contributed by atoms with Gasteiger partial charge in [-0.2, -0.15) is 0 Å². The molecule has 3 nitrogen and oxygen atoms in total. The smallest absolute Gasteiger partial charge is 0.136 e. The first-order valence-electron chi connectivity index (χ1n) is 6.65. The van der Waals surface area contributed by atoms with Crippen LogP contribution in [0.25, 0.3) is 0 Å². The predicted octanol–water partition coefficient (Wildman–Crippen LogP) is 2.84. The van der Waals surface area contributed by atoms with Gasteiger partial charge < -0.3 is 4.57 Å². The second-order valence-electron chi connectivity index (χ2n) is 5.87. The second kappa shape index (κ2) is 3.86. The molecular formula is C13H21N3. The van der Waals surface area contributed by atoms with Crippen LogP contribution in [0.3, 0.4) is 0 Å². The van der Waals surface area contributed by atoms with Gasteiger partial charge in [0, 0.05) is 12.5 Å². The van der Waals surface area contributed by atoms with Gasteiger partial charge in [0.15, 0.2) is 0 Å². The van der Waals surface area contributed by atoms with Gasteiger partial charge in [0.05, 0.1) is 0 Å². The second-order valence-corrected chi connectivity index (χ2v) is 5.87. The Morgan fingerprint density at radius 2 is 2.00 bits per heavy atom. The largest absolute Gasteiger partial charge is 0.317 e. The molecule has 2 aliphatic rings. The van der Waals surface area contributed by atoms with Gasteiger partial charge in [0.25, 0.3) is 0 Å².